The van der Waals surface area contributed by atoms with E-state index in [4.69, 9.17) is 32.8 Å². The quantitative estimate of drug-likeness (QED) is 0.518. The predicted octanol–water partition coefficient (Wildman–Crippen LogP) is 3.48. The van der Waals surface area contributed by atoms with Crippen molar-refractivity contribution in [1.29, 1.82) is 0 Å². The second-order valence-corrected chi connectivity index (χ2v) is 7.19. The SMILES string of the molecule is Cc1nc2ccc(-c3cc(N)nc(N)c3)nc2n1C[C@@H](C)Oc1ccc(Cl)cn1. The summed E-state index contributed by atoms with van der Waals surface area (Å²) in [4.78, 5) is 17.6. The second-order valence-electron chi connectivity index (χ2n) is 6.76. The topological polar surface area (TPSA) is 118 Å². The first kappa shape index (κ1) is 18.9. The molecule has 0 radical (unpaired) electrons. The summed E-state index contributed by atoms with van der Waals surface area (Å²) in [6, 6.07) is 10.8. The number of halogens is 1. The molecule has 0 bridgehead atoms. The van der Waals surface area contributed by atoms with Crippen molar-refractivity contribution in [2.45, 2.75) is 26.5 Å². The fraction of sp³-hybridized carbons (Fsp3) is 0.200. The highest BCUT2D eigenvalue weighted by Gasteiger charge is 2.15. The van der Waals surface area contributed by atoms with Crippen LogP contribution in [0.5, 0.6) is 5.88 Å². The van der Waals surface area contributed by atoms with Crippen LogP contribution in [-0.2, 0) is 6.54 Å². The van der Waals surface area contributed by atoms with Crippen LogP contribution in [0.25, 0.3) is 22.4 Å². The van der Waals surface area contributed by atoms with Crippen molar-refractivity contribution in [3.63, 3.8) is 0 Å². The van der Waals surface area contributed by atoms with Gasteiger partial charge in [0.15, 0.2) is 5.65 Å². The summed E-state index contributed by atoms with van der Waals surface area (Å²) < 4.78 is 7.93. The monoisotopic (exact) mass is 409 g/mol. The molecule has 4 rings (SSSR count). The van der Waals surface area contributed by atoms with E-state index < -0.39 is 0 Å². The van der Waals surface area contributed by atoms with Gasteiger partial charge in [0.1, 0.15) is 29.1 Å². The van der Waals surface area contributed by atoms with Crippen LogP contribution in [0.4, 0.5) is 11.6 Å². The Morgan fingerprint density at radius 1 is 1.07 bits per heavy atom. The van der Waals surface area contributed by atoms with E-state index in [9.17, 15) is 0 Å². The van der Waals surface area contributed by atoms with Gasteiger partial charge >= 0.3 is 0 Å². The molecule has 0 aliphatic heterocycles. The second kappa shape index (κ2) is 7.56. The molecule has 4 aromatic heterocycles. The van der Waals surface area contributed by atoms with Gasteiger partial charge in [0.25, 0.3) is 0 Å². The summed E-state index contributed by atoms with van der Waals surface area (Å²) in [6.45, 7) is 4.47. The van der Waals surface area contributed by atoms with Crippen molar-refractivity contribution in [2.24, 2.45) is 0 Å². The molecule has 4 N–H and O–H groups in total. The van der Waals surface area contributed by atoms with Crippen LogP contribution < -0.4 is 16.2 Å². The summed E-state index contributed by atoms with van der Waals surface area (Å²) in [7, 11) is 0. The molecule has 4 heterocycles. The predicted molar refractivity (Wildman–Crippen MR) is 114 cm³/mol. The van der Waals surface area contributed by atoms with Gasteiger partial charge in [-0.1, -0.05) is 11.6 Å². The van der Waals surface area contributed by atoms with Crippen LogP contribution in [0.15, 0.2) is 42.6 Å². The van der Waals surface area contributed by atoms with Crippen LogP contribution >= 0.6 is 11.6 Å². The molecule has 148 valence electrons. The lowest BCUT2D eigenvalue weighted by Gasteiger charge is -2.16. The molecule has 8 nitrogen and oxygen atoms in total. The first-order valence-electron chi connectivity index (χ1n) is 9.04. The number of anilines is 2. The maximum Gasteiger partial charge on any atom is 0.213 e. The Hall–Kier alpha value is -3.39. The number of aryl methyl sites for hydroxylation is 1. The van der Waals surface area contributed by atoms with E-state index in [1.165, 1.54) is 0 Å². The molecule has 0 spiro atoms. The Morgan fingerprint density at radius 2 is 1.83 bits per heavy atom. The number of ether oxygens (including phenoxy) is 1. The van der Waals surface area contributed by atoms with Crippen molar-refractivity contribution < 1.29 is 4.74 Å². The van der Waals surface area contributed by atoms with E-state index in [0.29, 0.717) is 29.1 Å². The van der Waals surface area contributed by atoms with Crippen molar-refractivity contribution in [3.05, 3.63) is 53.4 Å². The molecule has 0 unspecified atom stereocenters. The summed E-state index contributed by atoms with van der Waals surface area (Å²) in [5, 5.41) is 0.565. The third kappa shape index (κ3) is 4.07. The number of pyridine rings is 3. The van der Waals surface area contributed by atoms with E-state index in [1.807, 2.05) is 30.5 Å². The summed E-state index contributed by atoms with van der Waals surface area (Å²) >= 11 is 5.88. The molecular formula is C20H20ClN7O. The fourth-order valence-electron chi connectivity index (χ4n) is 3.15. The molecule has 4 aromatic rings. The Labute approximate surface area is 172 Å². The molecule has 0 aliphatic carbocycles. The largest absolute Gasteiger partial charge is 0.473 e. The molecule has 9 heteroatoms. The van der Waals surface area contributed by atoms with Gasteiger partial charge in [0.2, 0.25) is 5.88 Å². The normalized spacial score (nSPS) is 12.2. The Morgan fingerprint density at radius 3 is 2.52 bits per heavy atom. The third-order valence-corrected chi connectivity index (χ3v) is 4.63. The number of fused-ring (bicyclic) bond motifs is 1. The zero-order valence-electron chi connectivity index (χ0n) is 16.0. The molecule has 0 aliphatic rings. The van der Waals surface area contributed by atoms with Crippen molar-refractivity contribution >= 4 is 34.4 Å². The maximum atomic E-state index is 5.91. The summed E-state index contributed by atoms with van der Waals surface area (Å²) in [6.07, 6.45) is 1.40. The lowest BCUT2D eigenvalue weighted by Crippen LogP contribution is -2.21. The number of nitrogens with two attached hydrogens (primary N) is 2. The Balaban J connectivity index is 1.65. The van der Waals surface area contributed by atoms with Crippen LogP contribution in [0, 0.1) is 6.92 Å². The first-order valence-corrected chi connectivity index (χ1v) is 9.42. The smallest absolute Gasteiger partial charge is 0.213 e. The van der Waals surface area contributed by atoms with Crippen LogP contribution in [0.1, 0.15) is 12.7 Å². The zero-order chi connectivity index (χ0) is 20.5. The third-order valence-electron chi connectivity index (χ3n) is 4.41. The highest BCUT2D eigenvalue weighted by atomic mass is 35.5. The number of aromatic nitrogens is 5. The van der Waals surface area contributed by atoms with E-state index >= 15 is 0 Å². The van der Waals surface area contributed by atoms with Gasteiger partial charge in [-0.05, 0) is 44.2 Å². The zero-order valence-corrected chi connectivity index (χ0v) is 16.8. The van der Waals surface area contributed by atoms with Gasteiger partial charge in [0.05, 0.1) is 17.3 Å². The van der Waals surface area contributed by atoms with Gasteiger partial charge in [-0.3, -0.25) is 0 Å². The number of nitrogen functional groups attached to an aromatic ring is 2. The van der Waals surface area contributed by atoms with E-state index in [-0.39, 0.29) is 6.10 Å². The number of imidazole rings is 1. The lowest BCUT2D eigenvalue weighted by atomic mass is 10.1. The van der Waals surface area contributed by atoms with Crippen LogP contribution in [0.2, 0.25) is 5.02 Å². The molecular weight excluding hydrogens is 390 g/mol. The highest BCUT2D eigenvalue weighted by molar-refractivity contribution is 6.30. The Bertz CT molecular complexity index is 1150. The average Bonchev–Trinajstić information content (AvgIpc) is 2.97. The van der Waals surface area contributed by atoms with Crippen LogP contribution in [-0.4, -0.2) is 30.6 Å². The standard InChI is InChI=1S/C20H20ClN7O/c1-11(29-19-6-3-14(21)9-24-19)10-28-12(2)25-16-5-4-15(26-20(16)28)13-7-17(22)27-18(23)8-13/h3-9,11H,10H2,1-2H3,(H4,22,23,27)/t11-/m1/s1. The molecule has 29 heavy (non-hydrogen) atoms. The molecule has 1 atom stereocenters. The molecule has 0 saturated carbocycles. The highest BCUT2D eigenvalue weighted by Crippen LogP contribution is 2.24. The van der Waals surface area contributed by atoms with Crippen molar-refractivity contribution in [1.82, 2.24) is 24.5 Å². The minimum atomic E-state index is -0.155. The number of nitrogens with zero attached hydrogens (tertiary/aromatic N) is 5. The van der Waals surface area contributed by atoms with Gasteiger partial charge in [-0.15, -0.1) is 0 Å². The number of hydrogen-bond acceptors (Lipinski definition) is 7. The first-order chi connectivity index (χ1) is 13.9. The fourth-order valence-corrected chi connectivity index (χ4v) is 3.26. The van der Waals surface area contributed by atoms with Gasteiger partial charge < -0.3 is 20.8 Å². The Kier molecular flexibility index (Phi) is 4.94. The number of rotatable bonds is 5. The van der Waals surface area contributed by atoms with Gasteiger partial charge in [-0.2, -0.15) is 0 Å². The van der Waals surface area contributed by atoms with Crippen molar-refractivity contribution in [3.8, 4) is 17.1 Å². The summed E-state index contributed by atoms with van der Waals surface area (Å²) in [5.41, 5.74) is 14.8. The number of hydrogen-bond donors (Lipinski definition) is 2. The molecule has 0 amide bonds. The minimum absolute atomic E-state index is 0.155. The lowest BCUT2D eigenvalue weighted by molar-refractivity contribution is 0.192. The van der Waals surface area contributed by atoms with E-state index in [0.717, 1.165) is 28.2 Å². The summed E-state index contributed by atoms with van der Waals surface area (Å²) in [5.74, 6) is 2.06. The molecule has 0 saturated heterocycles. The van der Waals surface area contributed by atoms with Gasteiger partial charge in [-0.25, -0.2) is 19.9 Å². The van der Waals surface area contributed by atoms with Crippen LogP contribution in [0.3, 0.4) is 0 Å². The van der Waals surface area contributed by atoms with Crippen molar-refractivity contribution in [2.75, 3.05) is 11.5 Å². The molecule has 0 aromatic carbocycles. The van der Waals surface area contributed by atoms with E-state index in [2.05, 4.69) is 15.0 Å². The minimum Gasteiger partial charge on any atom is -0.473 e. The average molecular weight is 410 g/mol. The van der Waals surface area contributed by atoms with Gasteiger partial charge in [0, 0.05) is 17.8 Å². The maximum absolute atomic E-state index is 5.91. The molecule has 0 fully saturated rings. The van der Waals surface area contributed by atoms with E-state index in [1.54, 1.807) is 30.5 Å².